The summed E-state index contributed by atoms with van der Waals surface area (Å²) < 4.78 is 11.4. The fraction of sp³-hybridized carbons (Fsp3) is 0.600. The number of aliphatic imine (C=N–C) groups is 1. The van der Waals surface area contributed by atoms with Crippen LogP contribution in [0.2, 0.25) is 5.02 Å². The van der Waals surface area contributed by atoms with Gasteiger partial charge in [-0.1, -0.05) is 11.6 Å². The van der Waals surface area contributed by atoms with Crippen LogP contribution in [0.4, 0.5) is 0 Å². The second kappa shape index (κ2) is 8.89. The molecule has 0 spiro atoms. The van der Waals surface area contributed by atoms with Crippen molar-refractivity contribution in [2.24, 2.45) is 4.99 Å². The number of rotatable bonds is 5. The highest BCUT2D eigenvalue weighted by Gasteiger charge is 2.41. The average molecular weight is 453 g/mol. The summed E-state index contributed by atoms with van der Waals surface area (Å²) in [6.45, 7) is 1.08. The fourth-order valence-electron chi connectivity index (χ4n) is 2.95. The van der Waals surface area contributed by atoms with Crippen molar-refractivity contribution in [2.45, 2.75) is 37.5 Å². The fourth-order valence-corrected chi connectivity index (χ4v) is 3.13. The lowest BCUT2D eigenvalue weighted by molar-refractivity contribution is 0.0992. The average Bonchev–Trinajstić information content (AvgIpc) is 3.14. The molecule has 2 N–H and O–H groups in total. The largest absolute Gasteiger partial charge is 0.475 e. The van der Waals surface area contributed by atoms with Gasteiger partial charge in [0.2, 0.25) is 5.88 Å². The number of ether oxygens (including phenoxy) is 2. The zero-order chi connectivity index (χ0) is 15.4. The summed E-state index contributed by atoms with van der Waals surface area (Å²) in [5, 5.41) is 7.17. The van der Waals surface area contributed by atoms with Gasteiger partial charge in [0.25, 0.3) is 0 Å². The molecule has 0 saturated carbocycles. The van der Waals surface area contributed by atoms with E-state index in [4.69, 9.17) is 21.1 Å². The minimum absolute atomic E-state index is 0. The Morgan fingerprint density at radius 2 is 2.39 bits per heavy atom. The standard InChI is InChI=1S/C15H21ClN4O2.HI/c1-17-15(20-12-9-10-4-5-13(12)22-10)19-7-8-21-14-11(16)3-2-6-18-14;/h2-3,6,10,12-13H,4-5,7-9H2,1H3,(H2,17,19,20);1H. The van der Waals surface area contributed by atoms with Crippen molar-refractivity contribution in [1.29, 1.82) is 0 Å². The van der Waals surface area contributed by atoms with E-state index < -0.39 is 0 Å². The summed E-state index contributed by atoms with van der Waals surface area (Å²) in [4.78, 5) is 8.32. The van der Waals surface area contributed by atoms with Crippen molar-refractivity contribution in [1.82, 2.24) is 15.6 Å². The summed E-state index contributed by atoms with van der Waals surface area (Å²) >= 11 is 5.98. The zero-order valence-electron chi connectivity index (χ0n) is 13.0. The van der Waals surface area contributed by atoms with Gasteiger partial charge in [0.1, 0.15) is 11.6 Å². The third-order valence-electron chi connectivity index (χ3n) is 4.01. The summed E-state index contributed by atoms with van der Waals surface area (Å²) in [5.74, 6) is 1.23. The lowest BCUT2D eigenvalue weighted by Gasteiger charge is -2.22. The van der Waals surface area contributed by atoms with Crippen LogP contribution in [0.1, 0.15) is 19.3 Å². The molecule has 2 aliphatic rings. The molecule has 3 rings (SSSR count). The van der Waals surface area contributed by atoms with E-state index in [9.17, 15) is 0 Å². The molecule has 23 heavy (non-hydrogen) atoms. The lowest BCUT2D eigenvalue weighted by Crippen LogP contribution is -2.48. The van der Waals surface area contributed by atoms with Crippen LogP contribution in [0, 0.1) is 0 Å². The summed E-state index contributed by atoms with van der Waals surface area (Å²) in [7, 11) is 1.76. The maximum atomic E-state index is 5.98. The van der Waals surface area contributed by atoms with Gasteiger partial charge < -0.3 is 20.1 Å². The Kier molecular flexibility index (Phi) is 7.16. The van der Waals surface area contributed by atoms with Gasteiger partial charge in [-0.3, -0.25) is 4.99 Å². The smallest absolute Gasteiger partial charge is 0.232 e. The van der Waals surface area contributed by atoms with Crippen LogP contribution >= 0.6 is 35.6 Å². The number of aromatic nitrogens is 1. The highest BCUT2D eigenvalue weighted by molar-refractivity contribution is 14.0. The molecule has 0 radical (unpaired) electrons. The van der Waals surface area contributed by atoms with E-state index in [1.807, 2.05) is 0 Å². The molecule has 3 atom stereocenters. The topological polar surface area (TPSA) is 67.8 Å². The molecule has 2 bridgehead atoms. The molecular formula is C15H22ClIN4O2. The third kappa shape index (κ3) is 4.84. The van der Waals surface area contributed by atoms with Crippen LogP contribution in [0.25, 0.3) is 0 Å². The molecule has 128 valence electrons. The number of pyridine rings is 1. The highest BCUT2D eigenvalue weighted by atomic mass is 127. The molecule has 3 unspecified atom stereocenters. The molecule has 0 aliphatic carbocycles. The maximum absolute atomic E-state index is 5.98. The van der Waals surface area contributed by atoms with Gasteiger partial charge >= 0.3 is 0 Å². The summed E-state index contributed by atoms with van der Waals surface area (Å²) in [5.41, 5.74) is 0. The Morgan fingerprint density at radius 1 is 1.52 bits per heavy atom. The molecular weight excluding hydrogens is 431 g/mol. The molecule has 0 aromatic carbocycles. The molecule has 2 saturated heterocycles. The number of nitrogens with one attached hydrogen (secondary N) is 2. The number of halogens is 2. The molecule has 1 aromatic heterocycles. The minimum Gasteiger partial charge on any atom is -0.475 e. The molecule has 3 heterocycles. The van der Waals surface area contributed by atoms with Crippen LogP contribution in [-0.4, -0.2) is 49.4 Å². The Labute approximate surface area is 158 Å². The number of fused-ring (bicyclic) bond motifs is 2. The van der Waals surface area contributed by atoms with Gasteiger partial charge in [0.05, 0.1) is 24.8 Å². The van der Waals surface area contributed by atoms with Crippen LogP contribution in [0.5, 0.6) is 5.88 Å². The maximum Gasteiger partial charge on any atom is 0.232 e. The predicted octanol–water partition coefficient (Wildman–Crippen LogP) is 2.22. The van der Waals surface area contributed by atoms with Gasteiger partial charge in [0, 0.05) is 13.2 Å². The van der Waals surface area contributed by atoms with E-state index in [1.165, 1.54) is 6.42 Å². The first-order chi connectivity index (χ1) is 10.8. The van der Waals surface area contributed by atoms with Crippen LogP contribution in [0.15, 0.2) is 23.3 Å². The summed E-state index contributed by atoms with van der Waals surface area (Å²) in [6, 6.07) is 3.89. The molecule has 1 aromatic rings. The monoisotopic (exact) mass is 452 g/mol. The van der Waals surface area contributed by atoms with E-state index in [2.05, 4.69) is 20.6 Å². The van der Waals surface area contributed by atoms with Crippen molar-refractivity contribution in [3.8, 4) is 5.88 Å². The van der Waals surface area contributed by atoms with Crippen LogP contribution in [-0.2, 0) is 4.74 Å². The van der Waals surface area contributed by atoms with Crippen molar-refractivity contribution in [3.05, 3.63) is 23.4 Å². The Morgan fingerprint density at radius 3 is 3.04 bits per heavy atom. The Balaban J connectivity index is 0.00000192. The highest BCUT2D eigenvalue weighted by Crippen LogP contribution is 2.34. The number of nitrogens with zero attached hydrogens (tertiary/aromatic N) is 2. The van der Waals surface area contributed by atoms with Crippen molar-refractivity contribution < 1.29 is 9.47 Å². The minimum atomic E-state index is 0. The van der Waals surface area contributed by atoms with E-state index in [0.29, 0.717) is 42.3 Å². The molecule has 8 heteroatoms. The van der Waals surface area contributed by atoms with E-state index >= 15 is 0 Å². The third-order valence-corrected chi connectivity index (χ3v) is 4.30. The van der Waals surface area contributed by atoms with Crippen molar-refractivity contribution >= 4 is 41.5 Å². The molecule has 6 nitrogen and oxygen atoms in total. The number of hydrogen-bond donors (Lipinski definition) is 2. The lowest BCUT2D eigenvalue weighted by atomic mass is 9.96. The molecule has 0 amide bonds. The van der Waals surface area contributed by atoms with Crippen LogP contribution < -0.4 is 15.4 Å². The van der Waals surface area contributed by atoms with E-state index in [0.717, 1.165) is 18.8 Å². The van der Waals surface area contributed by atoms with Gasteiger partial charge in [0.15, 0.2) is 5.96 Å². The van der Waals surface area contributed by atoms with Gasteiger partial charge in [-0.15, -0.1) is 24.0 Å². The van der Waals surface area contributed by atoms with Crippen LogP contribution in [0.3, 0.4) is 0 Å². The number of hydrogen-bond acceptors (Lipinski definition) is 4. The SMILES string of the molecule is CN=C(NCCOc1ncccc1Cl)NC1CC2CCC1O2.I. The predicted molar refractivity (Wildman–Crippen MR) is 101 cm³/mol. The Bertz CT molecular complexity index is 546. The molecule has 2 fully saturated rings. The van der Waals surface area contributed by atoms with E-state index in [-0.39, 0.29) is 24.0 Å². The molecule has 2 aliphatic heterocycles. The second-order valence-corrected chi connectivity index (χ2v) is 5.91. The number of guanidine groups is 1. The van der Waals surface area contributed by atoms with E-state index in [1.54, 1.807) is 25.4 Å². The quantitative estimate of drug-likeness (QED) is 0.310. The van der Waals surface area contributed by atoms with Gasteiger partial charge in [-0.25, -0.2) is 4.98 Å². The van der Waals surface area contributed by atoms with Gasteiger partial charge in [-0.2, -0.15) is 0 Å². The van der Waals surface area contributed by atoms with Crippen molar-refractivity contribution in [2.75, 3.05) is 20.2 Å². The Hall–Kier alpha value is -0.800. The first-order valence-corrected chi connectivity index (χ1v) is 8.00. The first kappa shape index (κ1) is 18.5. The zero-order valence-corrected chi connectivity index (χ0v) is 16.1. The normalized spacial score (nSPS) is 25.8. The second-order valence-electron chi connectivity index (χ2n) is 5.50. The first-order valence-electron chi connectivity index (χ1n) is 7.62. The van der Waals surface area contributed by atoms with Gasteiger partial charge in [-0.05, 0) is 31.4 Å². The van der Waals surface area contributed by atoms with Crippen molar-refractivity contribution in [3.63, 3.8) is 0 Å². The summed E-state index contributed by atoms with van der Waals surface area (Å²) in [6.07, 6.45) is 5.80.